The zero-order valence-electron chi connectivity index (χ0n) is 11.1. The van der Waals surface area contributed by atoms with E-state index in [1.165, 1.54) is 0 Å². The van der Waals surface area contributed by atoms with E-state index in [0.717, 1.165) is 23.7 Å². The number of benzene rings is 1. The summed E-state index contributed by atoms with van der Waals surface area (Å²) in [5.41, 5.74) is 7.37. The number of nitrogens with one attached hydrogen (secondary N) is 1. The van der Waals surface area contributed by atoms with Crippen molar-refractivity contribution >= 4 is 16.8 Å². The zero-order valence-corrected chi connectivity index (χ0v) is 11.1. The molecule has 0 aliphatic heterocycles. The van der Waals surface area contributed by atoms with Crippen LogP contribution in [0.5, 0.6) is 0 Å². The Labute approximate surface area is 113 Å². The van der Waals surface area contributed by atoms with Gasteiger partial charge in [-0.3, -0.25) is 9.78 Å². The van der Waals surface area contributed by atoms with Crippen LogP contribution in [0.2, 0.25) is 0 Å². The first-order valence-electron chi connectivity index (χ1n) is 6.60. The summed E-state index contributed by atoms with van der Waals surface area (Å²) in [4.78, 5) is 16.4. The molecule has 1 aromatic carbocycles. The highest BCUT2D eigenvalue weighted by molar-refractivity contribution is 6.06. The average molecular weight is 257 g/mol. The Morgan fingerprint density at radius 3 is 3.00 bits per heavy atom. The first-order chi connectivity index (χ1) is 9.22. The molecule has 0 radical (unpaired) electrons. The van der Waals surface area contributed by atoms with Gasteiger partial charge in [0.15, 0.2) is 0 Å². The molecule has 0 aliphatic rings. The minimum atomic E-state index is -0.0925. The van der Waals surface area contributed by atoms with Crippen LogP contribution in [0, 0.1) is 0 Å². The van der Waals surface area contributed by atoms with E-state index in [1.54, 1.807) is 6.20 Å². The highest BCUT2D eigenvalue weighted by Crippen LogP contribution is 2.16. The highest BCUT2D eigenvalue weighted by atomic mass is 16.1. The number of pyridine rings is 1. The molecule has 1 aromatic heterocycles. The minimum Gasteiger partial charge on any atom is -0.350 e. The number of hydrogen-bond donors (Lipinski definition) is 2. The summed E-state index contributed by atoms with van der Waals surface area (Å²) in [7, 11) is 0. The van der Waals surface area contributed by atoms with E-state index in [2.05, 4.69) is 17.2 Å². The van der Waals surface area contributed by atoms with Crippen molar-refractivity contribution in [1.29, 1.82) is 0 Å². The number of aromatic nitrogens is 1. The van der Waals surface area contributed by atoms with Crippen molar-refractivity contribution in [2.75, 3.05) is 6.54 Å². The molecule has 0 bridgehead atoms. The topological polar surface area (TPSA) is 68.0 Å². The maximum atomic E-state index is 12.2. The van der Waals surface area contributed by atoms with Gasteiger partial charge in [-0.1, -0.05) is 25.5 Å². The second kappa shape index (κ2) is 6.29. The molecule has 0 spiro atoms. The molecular formula is C15H19N3O. The Balaban J connectivity index is 2.13. The van der Waals surface area contributed by atoms with Crippen molar-refractivity contribution in [3.8, 4) is 0 Å². The van der Waals surface area contributed by atoms with Gasteiger partial charge in [-0.15, -0.1) is 0 Å². The van der Waals surface area contributed by atoms with Gasteiger partial charge in [-0.05, 0) is 24.6 Å². The Kier molecular flexibility index (Phi) is 4.47. The fraction of sp³-hybridized carbons (Fsp3) is 0.333. The van der Waals surface area contributed by atoms with E-state index in [9.17, 15) is 4.79 Å². The molecule has 1 atom stereocenters. The maximum absolute atomic E-state index is 12.2. The third-order valence-electron chi connectivity index (χ3n) is 3.07. The van der Waals surface area contributed by atoms with E-state index >= 15 is 0 Å². The first kappa shape index (κ1) is 13.5. The second-order valence-electron chi connectivity index (χ2n) is 4.63. The predicted octanol–water partition coefficient (Wildman–Crippen LogP) is 2.09. The molecule has 2 aromatic rings. The number of nitrogens with zero attached hydrogens (tertiary/aromatic N) is 1. The summed E-state index contributed by atoms with van der Waals surface area (Å²) in [5.74, 6) is -0.0925. The molecule has 0 aliphatic carbocycles. The normalized spacial score (nSPS) is 12.3. The number of nitrogens with two attached hydrogens (primary N) is 1. The van der Waals surface area contributed by atoms with Gasteiger partial charge >= 0.3 is 0 Å². The summed E-state index contributed by atoms with van der Waals surface area (Å²) in [6.45, 7) is 2.58. The molecular weight excluding hydrogens is 238 g/mol. The number of fused-ring (bicyclic) bond motifs is 1. The van der Waals surface area contributed by atoms with E-state index in [1.807, 2.05) is 30.3 Å². The van der Waals surface area contributed by atoms with Crippen LogP contribution in [0.25, 0.3) is 10.9 Å². The number of carbonyl (C=O) groups is 1. The largest absolute Gasteiger partial charge is 0.350 e. The third-order valence-corrected chi connectivity index (χ3v) is 3.07. The van der Waals surface area contributed by atoms with Crippen LogP contribution in [0.15, 0.2) is 36.5 Å². The third kappa shape index (κ3) is 3.29. The second-order valence-corrected chi connectivity index (χ2v) is 4.63. The van der Waals surface area contributed by atoms with Gasteiger partial charge in [0, 0.05) is 29.7 Å². The molecule has 4 nitrogen and oxygen atoms in total. The van der Waals surface area contributed by atoms with Crippen LogP contribution in [0.1, 0.15) is 30.1 Å². The van der Waals surface area contributed by atoms with Gasteiger partial charge in [-0.2, -0.15) is 0 Å². The van der Waals surface area contributed by atoms with Crippen LogP contribution in [0.3, 0.4) is 0 Å². The monoisotopic (exact) mass is 257 g/mol. The lowest BCUT2D eigenvalue weighted by Crippen LogP contribution is -2.37. The van der Waals surface area contributed by atoms with E-state index in [-0.39, 0.29) is 11.9 Å². The van der Waals surface area contributed by atoms with E-state index in [0.29, 0.717) is 12.1 Å². The molecule has 1 heterocycles. The Morgan fingerprint density at radius 2 is 2.21 bits per heavy atom. The number of carbonyl (C=O) groups excluding carboxylic acids is 1. The van der Waals surface area contributed by atoms with Crippen molar-refractivity contribution in [1.82, 2.24) is 10.3 Å². The molecule has 0 saturated heterocycles. The van der Waals surface area contributed by atoms with Crippen LogP contribution in [0.4, 0.5) is 0 Å². The molecule has 4 heteroatoms. The fourth-order valence-electron chi connectivity index (χ4n) is 2.09. The summed E-state index contributed by atoms with van der Waals surface area (Å²) in [6.07, 6.45) is 3.66. The maximum Gasteiger partial charge on any atom is 0.252 e. The van der Waals surface area contributed by atoms with Crippen molar-refractivity contribution in [2.24, 2.45) is 5.73 Å². The van der Waals surface area contributed by atoms with Gasteiger partial charge in [0.25, 0.3) is 5.91 Å². The van der Waals surface area contributed by atoms with Crippen LogP contribution >= 0.6 is 0 Å². The quantitative estimate of drug-likeness (QED) is 0.861. The average Bonchev–Trinajstić information content (AvgIpc) is 2.44. The van der Waals surface area contributed by atoms with E-state index < -0.39 is 0 Å². The lowest BCUT2D eigenvalue weighted by atomic mass is 10.1. The van der Waals surface area contributed by atoms with Crippen molar-refractivity contribution < 1.29 is 4.79 Å². The highest BCUT2D eigenvalue weighted by Gasteiger charge is 2.11. The van der Waals surface area contributed by atoms with Crippen molar-refractivity contribution in [3.63, 3.8) is 0 Å². The first-order valence-corrected chi connectivity index (χ1v) is 6.60. The van der Waals surface area contributed by atoms with Gasteiger partial charge < -0.3 is 11.1 Å². The molecule has 0 saturated carbocycles. The SMILES string of the molecule is CCCC(N)CNC(=O)c1cccc2ncccc12. The Morgan fingerprint density at radius 1 is 1.37 bits per heavy atom. The Bertz CT molecular complexity index is 563. The van der Waals surface area contributed by atoms with Gasteiger partial charge in [0.05, 0.1) is 5.52 Å². The number of hydrogen-bond acceptors (Lipinski definition) is 3. The standard InChI is InChI=1S/C15H19N3O/c1-2-5-11(16)10-18-15(19)13-6-3-8-14-12(13)7-4-9-17-14/h3-4,6-9,11H,2,5,10,16H2,1H3,(H,18,19). The molecule has 1 unspecified atom stereocenters. The van der Waals surface area contributed by atoms with Crippen molar-refractivity contribution in [3.05, 3.63) is 42.1 Å². The summed E-state index contributed by atoms with van der Waals surface area (Å²) >= 11 is 0. The zero-order chi connectivity index (χ0) is 13.7. The van der Waals surface area contributed by atoms with E-state index in [4.69, 9.17) is 5.73 Å². The van der Waals surface area contributed by atoms with Gasteiger partial charge in [-0.25, -0.2) is 0 Å². The van der Waals surface area contributed by atoms with Gasteiger partial charge in [0.2, 0.25) is 0 Å². The number of rotatable bonds is 5. The smallest absolute Gasteiger partial charge is 0.252 e. The van der Waals surface area contributed by atoms with Crippen LogP contribution in [-0.4, -0.2) is 23.5 Å². The summed E-state index contributed by atoms with van der Waals surface area (Å²) in [5, 5.41) is 3.75. The molecule has 2 rings (SSSR count). The molecule has 1 amide bonds. The summed E-state index contributed by atoms with van der Waals surface area (Å²) < 4.78 is 0. The molecule has 19 heavy (non-hydrogen) atoms. The summed E-state index contributed by atoms with van der Waals surface area (Å²) in [6, 6.07) is 9.31. The fourth-order valence-corrected chi connectivity index (χ4v) is 2.09. The lowest BCUT2D eigenvalue weighted by molar-refractivity contribution is 0.0952. The number of amides is 1. The molecule has 0 fully saturated rings. The molecule has 3 N–H and O–H groups in total. The van der Waals surface area contributed by atoms with Crippen LogP contribution in [-0.2, 0) is 0 Å². The van der Waals surface area contributed by atoms with Crippen LogP contribution < -0.4 is 11.1 Å². The van der Waals surface area contributed by atoms with Crippen molar-refractivity contribution in [2.45, 2.75) is 25.8 Å². The lowest BCUT2D eigenvalue weighted by Gasteiger charge is -2.12. The predicted molar refractivity (Wildman–Crippen MR) is 77.0 cm³/mol. The van der Waals surface area contributed by atoms with Gasteiger partial charge in [0.1, 0.15) is 0 Å². The Hall–Kier alpha value is -1.94. The molecule has 100 valence electrons. The minimum absolute atomic E-state index is 0.0158.